The third kappa shape index (κ3) is 3.60. The van der Waals surface area contributed by atoms with Crippen molar-refractivity contribution in [2.24, 2.45) is 0 Å². The summed E-state index contributed by atoms with van der Waals surface area (Å²) in [5.41, 5.74) is 10.5. The van der Waals surface area contributed by atoms with E-state index in [0.29, 0.717) is 34.3 Å². The summed E-state index contributed by atoms with van der Waals surface area (Å²) >= 11 is 0. The highest BCUT2D eigenvalue weighted by atomic mass is 15.3. The Bertz CT molecular complexity index is 1310. The van der Waals surface area contributed by atoms with Gasteiger partial charge in [0.05, 0.1) is 17.5 Å². The molecule has 0 spiro atoms. The van der Waals surface area contributed by atoms with Gasteiger partial charge in [0.2, 0.25) is 0 Å². The number of nitrogens with two attached hydrogens (primary N) is 1. The van der Waals surface area contributed by atoms with Gasteiger partial charge in [-0.1, -0.05) is 19.8 Å². The molecule has 0 bridgehead atoms. The molecule has 0 unspecified atom stereocenters. The molecule has 5 rings (SSSR count). The van der Waals surface area contributed by atoms with E-state index in [-0.39, 0.29) is 0 Å². The molecule has 4 aromatic heterocycles. The smallest absolute Gasteiger partial charge is 0.153 e. The second-order valence-corrected chi connectivity index (χ2v) is 7.94. The molecular formula is C23H23N9. The van der Waals surface area contributed by atoms with Gasteiger partial charge in [0.15, 0.2) is 11.6 Å². The highest BCUT2D eigenvalue weighted by Gasteiger charge is 2.20. The maximum absolute atomic E-state index is 8.98. The van der Waals surface area contributed by atoms with Crippen LogP contribution >= 0.6 is 0 Å². The Kier molecular flexibility index (Phi) is 5.11. The number of rotatable bonds is 5. The molecule has 1 aliphatic rings. The van der Waals surface area contributed by atoms with E-state index >= 15 is 0 Å². The van der Waals surface area contributed by atoms with E-state index in [1.807, 2.05) is 6.20 Å². The van der Waals surface area contributed by atoms with Crippen molar-refractivity contribution < 1.29 is 0 Å². The Morgan fingerprint density at radius 3 is 2.69 bits per heavy atom. The number of anilines is 2. The highest BCUT2D eigenvalue weighted by Crippen LogP contribution is 2.31. The second kappa shape index (κ2) is 8.23. The fourth-order valence-electron chi connectivity index (χ4n) is 4.10. The van der Waals surface area contributed by atoms with Crippen LogP contribution in [0.1, 0.15) is 43.9 Å². The molecule has 4 heterocycles. The second-order valence-electron chi connectivity index (χ2n) is 7.94. The van der Waals surface area contributed by atoms with E-state index in [1.165, 1.54) is 19.0 Å². The number of fused-ring (bicyclic) bond motifs is 1. The molecule has 0 amide bonds. The van der Waals surface area contributed by atoms with Crippen LogP contribution < -0.4 is 11.1 Å². The maximum Gasteiger partial charge on any atom is 0.153 e. The third-order valence-electron chi connectivity index (χ3n) is 5.83. The number of pyridine rings is 2. The number of nitrogen functional groups attached to an aromatic ring is 1. The molecule has 0 aliphatic heterocycles. The lowest BCUT2D eigenvalue weighted by molar-refractivity contribution is 0.747. The molecule has 1 fully saturated rings. The molecule has 1 saturated carbocycles. The molecule has 32 heavy (non-hydrogen) atoms. The van der Waals surface area contributed by atoms with Gasteiger partial charge in [-0.3, -0.25) is 0 Å². The quantitative estimate of drug-likeness (QED) is 0.495. The summed E-state index contributed by atoms with van der Waals surface area (Å²) < 4.78 is 1.66. The molecule has 0 saturated heterocycles. The lowest BCUT2D eigenvalue weighted by Gasteiger charge is -2.17. The van der Waals surface area contributed by atoms with E-state index in [1.54, 1.807) is 29.2 Å². The van der Waals surface area contributed by atoms with Crippen LogP contribution in [-0.2, 0) is 6.42 Å². The van der Waals surface area contributed by atoms with Crippen molar-refractivity contribution in [2.75, 3.05) is 11.1 Å². The first kappa shape index (κ1) is 19.9. The van der Waals surface area contributed by atoms with Gasteiger partial charge in [-0.15, -0.1) is 0 Å². The number of hydrogen-bond donors (Lipinski definition) is 2. The summed E-state index contributed by atoms with van der Waals surface area (Å²) in [4.78, 5) is 18.5. The average Bonchev–Trinajstić information content (AvgIpc) is 3.52. The summed E-state index contributed by atoms with van der Waals surface area (Å²) in [5, 5.41) is 17.0. The van der Waals surface area contributed by atoms with Crippen LogP contribution in [0, 0.1) is 11.3 Å². The van der Waals surface area contributed by atoms with Crippen LogP contribution in [0.15, 0.2) is 36.9 Å². The predicted molar refractivity (Wildman–Crippen MR) is 122 cm³/mol. The fourth-order valence-corrected chi connectivity index (χ4v) is 4.10. The number of aromatic nitrogens is 6. The summed E-state index contributed by atoms with van der Waals surface area (Å²) in [5.74, 6) is 1.80. The van der Waals surface area contributed by atoms with Gasteiger partial charge in [0, 0.05) is 35.8 Å². The Hall–Kier alpha value is -4.06. The standard InChI is InChI=1S/C23H23N9/c1-2-18-23(29-16-5-3-4-6-16)31-20-17(12-27-22(25)21(20)30-18)15-11-28-32(13-15)19-8-7-14(9-24)10-26-19/h7-8,10-13,16H,2-6H2,1H3,(H2,25,27)(H,29,31). The van der Waals surface area contributed by atoms with E-state index in [0.717, 1.165) is 41.9 Å². The van der Waals surface area contributed by atoms with Crippen molar-refractivity contribution in [3.8, 4) is 23.0 Å². The molecule has 9 nitrogen and oxygen atoms in total. The molecule has 0 aromatic carbocycles. The number of nitrogens with one attached hydrogen (secondary N) is 1. The minimum atomic E-state index is 0.361. The Morgan fingerprint density at radius 1 is 1.12 bits per heavy atom. The number of hydrogen-bond acceptors (Lipinski definition) is 8. The monoisotopic (exact) mass is 425 g/mol. The minimum absolute atomic E-state index is 0.361. The topological polar surface area (TPSA) is 131 Å². The third-order valence-corrected chi connectivity index (χ3v) is 5.83. The van der Waals surface area contributed by atoms with Crippen LogP contribution in [0.4, 0.5) is 11.6 Å². The van der Waals surface area contributed by atoms with Gasteiger partial charge in [0.1, 0.15) is 22.9 Å². The predicted octanol–water partition coefficient (Wildman–Crippen LogP) is 3.64. The van der Waals surface area contributed by atoms with E-state index < -0.39 is 0 Å². The van der Waals surface area contributed by atoms with Crippen LogP contribution in [0.2, 0.25) is 0 Å². The number of aryl methyl sites for hydroxylation is 1. The van der Waals surface area contributed by atoms with Gasteiger partial charge in [-0.25, -0.2) is 24.6 Å². The maximum atomic E-state index is 8.98. The SMILES string of the molecule is CCc1nc2c(N)ncc(-c3cnn(-c4ccc(C#N)cn4)c3)c2nc1NC1CCCC1. The Labute approximate surface area is 185 Å². The Balaban J connectivity index is 1.58. The first-order chi connectivity index (χ1) is 15.7. The summed E-state index contributed by atoms with van der Waals surface area (Å²) in [6, 6.07) is 5.97. The summed E-state index contributed by atoms with van der Waals surface area (Å²) in [7, 11) is 0. The largest absolute Gasteiger partial charge is 0.382 e. The zero-order valence-electron chi connectivity index (χ0n) is 17.8. The first-order valence-electron chi connectivity index (χ1n) is 10.8. The first-order valence-corrected chi connectivity index (χ1v) is 10.8. The van der Waals surface area contributed by atoms with Crippen LogP contribution in [0.3, 0.4) is 0 Å². The Morgan fingerprint density at radius 2 is 1.97 bits per heavy atom. The number of nitriles is 1. The van der Waals surface area contributed by atoms with Crippen LogP contribution in [0.25, 0.3) is 28.0 Å². The number of nitrogens with zero attached hydrogens (tertiary/aromatic N) is 7. The molecular weight excluding hydrogens is 402 g/mol. The van der Waals surface area contributed by atoms with Crippen molar-refractivity contribution in [3.63, 3.8) is 0 Å². The van der Waals surface area contributed by atoms with Crippen LogP contribution in [-0.4, -0.2) is 35.8 Å². The van der Waals surface area contributed by atoms with Crippen molar-refractivity contribution in [3.05, 3.63) is 48.2 Å². The highest BCUT2D eigenvalue weighted by molar-refractivity contribution is 5.96. The van der Waals surface area contributed by atoms with E-state index in [4.69, 9.17) is 21.0 Å². The molecule has 9 heteroatoms. The molecule has 0 atom stereocenters. The lowest BCUT2D eigenvalue weighted by atomic mass is 10.1. The van der Waals surface area contributed by atoms with Crippen molar-refractivity contribution >= 4 is 22.7 Å². The van der Waals surface area contributed by atoms with Gasteiger partial charge in [-0.05, 0) is 31.4 Å². The van der Waals surface area contributed by atoms with Gasteiger partial charge in [0.25, 0.3) is 0 Å². The van der Waals surface area contributed by atoms with E-state index in [9.17, 15) is 0 Å². The average molecular weight is 426 g/mol. The van der Waals surface area contributed by atoms with Gasteiger partial charge in [-0.2, -0.15) is 10.4 Å². The summed E-state index contributed by atoms with van der Waals surface area (Å²) in [6.45, 7) is 2.07. The molecule has 160 valence electrons. The molecule has 3 N–H and O–H groups in total. The molecule has 4 aromatic rings. The van der Waals surface area contributed by atoms with Crippen molar-refractivity contribution in [2.45, 2.75) is 45.1 Å². The lowest BCUT2D eigenvalue weighted by Crippen LogP contribution is -2.18. The van der Waals surface area contributed by atoms with Gasteiger partial charge >= 0.3 is 0 Å². The van der Waals surface area contributed by atoms with Gasteiger partial charge < -0.3 is 11.1 Å². The zero-order chi connectivity index (χ0) is 22.1. The fraction of sp³-hybridized carbons (Fsp3) is 0.304. The van der Waals surface area contributed by atoms with Crippen molar-refractivity contribution in [1.29, 1.82) is 5.26 Å². The zero-order valence-corrected chi connectivity index (χ0v) is 17.8. The molecule has 1 aliphatic carbocycles. The van der Waals surface area contributed by atoms with E-state index in [2.05, 4.69) is 33.4 Å². The van der Waals surface area contributed by atoms with Crippen LogP contribution in [0.5, 0.6) is 0 Å². The van der Waals surface area contributed by atoms with Crippen molar-refractivity contribution in [1.82, 2.24) is 29.7 Å². The normalized spacial score (nSPS) is 14.0. The minimum Gasteiger partial charge on any atom is -0.382 e. The summed E-state index contributed by atoms with van der Waals surface area (Å²) in [6.07, 6.45) is 12.4. The molecule has 0 radical (unpaired) electrons.